The molecule has 3 heterocycles. The van der Waals surface area contributed by atoms with Crippen LogP contribution < -0.4 is 5.32 Å². The van der Waals surface area contributed by atoms with Crippen LogP contribution in [-0.2, 0) is 14.6 Å². The molecule has 0 unspecified atom stereocenters. The van der Waals surface area contributed by atoms with Crippen molar-refractivity contribution in [1.29, 1.82) is 0 Å². The summed E-state index contributed by atoms with van der Waals surface area (Å²) in [5.41, 5.74) is 1.72. The molecule has 1 atom stereocenters. The minimum atomic E-state index is -4.73. The molecule has 4 rings (SSSR count). The van der Waals surface area contributed by atoms with E-state index in [2.05, 4.69) is 20.4 Å². The highest BCUT2D eigenvalue weighted by atomic mass is 35.5. The number of alkyl halides is 3. The lowest BCUT2D eigenvalue weighted by atomic mass is 9.98. The van der Waals surface area contributed by atoms with Crippen molar-refractivity contribution in [2.75, 3.05) is 23.9 Å². The lowest BCUT2D eigenvalue weighted by Crippen LogP contribution is -2.44. The summed E-state index contributed by atoms with van der Waals surface area (Å²) in [5.74, 6) is -1.56. The quantitative estimate of drug-likeness (QED) is 0.473. The zero-order valence-corrected chi connectivity index (χ0v) is 21.9. The fraction of sp³-hybridized carbons (Fsp3) is 0.478. The van der Waals surface area contributed by atoms with Gasteiger partial charge in [0.15, 0.2) is 6.04 Å². The molecule has 37 heavy (non-hydrogen) atoms. The second kappa shape index (κ2) is 10.1. The van der Waals surface area contributed by atoms with Crippen LogP contribution in [0.25, 0.3) is 5.78 Å². The molecule has 1 aliphatic rings. The SMILES string of the molecule is CC(C)c1c(Nc2ccc([C@H](N(C)C(=O)C3CCS(=O)(=O)CC3)C(F)(F)F)cc2)cnc2nc(Cl)nn12. The molecule has 1 saturated heterocycles. The first-order chi connectivity index (χ1) is 17.3. The van der Waals surface area contributed by atoms with Crippen molar-refractivity contribution in [1.82, 2.24) is 24.5 Å². The van der Waals surface area contributed by atoms with Crippen molar-refractivity contribution < 1.29 is 26.4 Å². The number of sulfone groups is 1. The van der Waals surface area contributed by atoms with Crippen molar-refractivity contribution in [2.24, 2.45) is 5.92 Å². The fourth-order valence-electron chi connectivity index (χ4n) is 4.57. The highest BCUT2D eigenvalue weighted by Gasteiger charge is 2.46. The maximum absolute atomic E-state index is 14.1. The smallest absolute Gasteiger partial charge is 0.353 e. The van der Waals surface area contributed by atoms with Gasteiger partial charge >= 0.3 is 6.18 Å². The fourth-order valence-corrected chi connectivity index (χ4v) is 6.21. The van der Waals surface area contributed by atoms with Gasteiger partial charge in [-0.15, -0.1) is 5.10 Å². The van der Waals surface area contributed by atoms with E-state index < -0.39 is 33.9 Å². The number of nitrogens with zero attached hydrogens (tertiary/aromatic N) is 5. The molecule has 200 valence electrons. The van der Waals surface area contributed by atoms with E-state index in [0.717, 1.165) is 12.7 Å². The van der Waals surface area contributed by atoms with E-state index in [1.807, 2.05) is 13.8 Å². The Balaban J connectivity index is 1.58. The molecule has 3 aromatic rings. The number of carbonyl (C=O) groups is 1. The van der Waals surface area contributed by atoms with E-state index in [4.69, 9.17) is 11.6 Å². The van der Waals surface area contributed by atoms with Crippen molar-refractivity contribution in [3.63, 3.8) is 0 Å². The van der Waals surface area contributed by atoms with Gasteiger partial charge in [0.05, 0.1) is 29.1 Å². The third-order valence-electron chi connectivity index (χ3n) is 6.38. The maximum atomic E-state index is 14.1. The van der Waals surface area contributed by atoms with E-state index in [-0.39, 0.29) is 41.1 Å². The van der Waals surface area contributed by atoms with Crippen LogP contribution in [0.15, 0.2) is 30.5 Å². The molecule has 1 aromatic carbocycles. The minimum Gasteiger partial charge on any atom is -0.353 e. The average molecular weight is 559 g/mol. The molecule has 1 N–H and O–H groups in total. The number of rotatable bonds is 6. The topological polar surface area (TPSA) is 110 Å². The molecule has 0 saturated carbocycles. The number of aromatic nitrogens is 4. The Morgan fingerprint density at radius 3 is 2.38 bits per heavy atom. The number of nitrogens with one attached hydrogen (secondary N) is 1. The van der Waals surface area contributed by atoms with E-state index in [0.29, 0.717) is 22.1 Å². The van der Waals surface area contributed by atoms with Gasteiger partial charge in [-0.1, -0.05) is 26.0 Å². The Kier molecular flexibility index (Phi) is 7.39. The molecule has 0 radical (unpaired) electrons. The second-order valence-electron chi connectivity index (χ2n) is 9.37. The summed E-state index contributed by atoms with van der Waals surface area (Å²) >= 11 is 5.92. The highest BCUT2D eigenvalue weighted by molar-refractivity contribution is 7.91. The Hall–Kier alpha value is -2.93. The summed E-state index contributed by atoms with van der Waals surface area (Å²) in [6, 6.07) is 3.42. The third-order valence-corrected chi connectivity index (χ3v) is 8.25. The van der Waals surface area contributed by atoms with Gasteiger partial charge in [-0.05, 0) is 48.1 Å². The van der Waals surface area contributed by atoms with Crippen LogP contribution in [0.5, 0.6) is 0 Å². The van der Waals surface area contributed by atoms with E-state index in [1.165, 1.54) is 28.8 Å². The Bertz CT molecular complexity index is 1400. The third kappa shape index (κ3) is 5.82. The lowest BCUT2D eigenvalue weighted by Gasteiger charge is -2.34. The molecule has 14 heteroatoms. The van der Waals surface area contributed by atoms with E-state index in [1.54, 1.807) is 6.20 Å². The molecular weight excluding hydrogens is 533 g/mol. The first-order valence-electron chi connectivity index (χ1n) is 11.6. The number of carbonyl (C=O) groups excluding carboxylic acids is 1. The van der Waals surface area contributed by atoms with Gasteiger partial charge in [0.2, 0.25) is 11.2 Å². The molecule has 0 aliphatic carbocycles. The summed E-state index contributed by atoms with van der Waals surface area (Å²) in [6.45, 7) is 3.89. The standard InChI is InChI=1S/C23H26ClF3N6O3S/c1-13(2)18-17(12-28-22-30-21(24)31-33(18)22)29-16-6-4-14(5-7-16)19(23(25,26)27)32(3)20(34)15-8-10-37(35,36)11-9-15/h4-7,12-13,15,19,29H,8-11H2,1-3H3/t19-/m0/s1. The number of fused-ring (bicyclic) bond motifs is 1. The summed E-state index contributed by atoms with van der Waals surface area (Å²) in [4.78, 5) is 21.8. The van der Waals surface area contributed by atoms with Crippen molar-refractivity contribution in [3.8, 4) is 0 Å². The van der Waals surface area contributed by atoms with Crippen LogP contribution in [0.3, 0.4) is 0 Å². The molecule has 1 fully saturated rings. The normalized spacial score (nSPS) is 17.2. The molecule has 0 spiro atoms. The van der Waals surface area contributed by atoms with Gasteiger partial charge in [-0.25, -0.2) is 13.4 Å². The Morgan fingerprint density at radius 2 is 1.81 bits per heavy atom. The number of amides is 1. The summed E-state index contributed by atoms with van der Waals surface area (Å²) in [6.07, 6.45) is -3.13. The Labute approximate surface area is 217 Å². The number of anilines is 2. The summed E-state index contributed by atoms with van der Waals surface area (Å²) < 4.78 is 67.2. The lowest BCUT2D eigenvalue weighted by molar-refractivity contribution is -0.190. The van der Waals surface area contributed by atoms with Gasteiger partial charge in [-0.3, -0.25) is 4.79 Å². The van der Waals surface area contributed by atoms with E-state index in [9.17, 15) is 26.4 Å². The number of hydrogen-bond acceptors (Lipinski definition) is 7. The zero-order chi connectivity index (χ0) is 27.1. The van der Waals surface area contributed by atoms with Gasteiger partial charge < -0.3 is 10.2 Å². The van der Waals surface area contributed by atoms with Crippen LogP contribution >= 0.6 is 11.6 Å². The van der Waals surface area contributed by atoms with Crippen molar-refractivity contribution in [2.45, 2.75) is 44.8 Å². The molecule has 2 aromatic heterocycles. The number of halogens is 4. The van der Waals surface area contributed by atoms with Crippen LogP contribution in [0, 0.1) is 5.92 Å². The highest BCUT2D eigenvalue weighted by Crippen LogP contribution is 2.39. The molecule has 1 amide bonds. The van der Waals surface area contributed by atoms with Gasteiger partial charge in [-0.2, -0.15) is 22.7 Å². The predicted octanol–water partition coefficient (Wildman–Crippen LogP) is 4.53. The minimum absolute atomic E-state index is 0.00548. The van der Waals surface area contributed by atoms with E-state index >= 15 is 0 Å². The first-order valence-corrected chi connectivity index (χ1v) is 13.8. The van der Waals surface area contributed by atoms with Crippen LogP contribution in [0.1, 0.15) is 49.9 Å². The Morgan fingerprint density at radius 1 is 1.19 bits per heavy atom. The zero-order valence-electron chi connectivity index (χ0n) is 20.3. The number of benzene rings is 1. The maximum Gasteiger partial charge on any atom is 0.413 e. The molecule has 0 bridgehead atoms. The van der Waals surface area contributed by atoms with Gasteiger partial charge in [0.25, 0.3) is 5.78 Å². The largest absolute Gasteiger partial charge is 0.413 e. The van der Waals surface area contributed by atoms with Gasteiger partial charge in [0.1, 0.15) is 9.84 Å². The molecular formula is C23H26ClF3N6O3S. The van der Waals surface area contributed by atoms with Crippen LogP contribution in [0.4, 0.5) is 24.5 Å². The van der Waals surface area contributed by atoms with Crippen LogP contribution in [0.2, 0.25) is 5.28 Å². The predicted molar refractivity (Wildman–Crippen MR) is 133 cm³/mol. The van der Waals surface area contributed by atoms with Crippen LogP contribution in [-0.4, -0.2) is 63.5 Å². The second-order valence-corrected chi connectivity index (χ2v) is 12.0. The number of hydrogen-bond donors (Lipinski definition) is 1. The average Bonchev–Trinajstić information content (AvgIpc) is 3.18. The summed E-state index contributed by atoms with van der Waals surface area (Å²) in [7, 11) is -2.14. The van der Waals surface area contributed by atoms with Crippen molar-refractivity contribution >= 4 is 44.5 Å². The molecule has 1 aliphatic heterocycles. The van der Waals surface area contributed by atoms with Crippen molar-refractivity contribution in [3.05, 3.63) is 47.0 Å². The molecule has 9 nitrogen and oxygen atoms in total. The summed E-state index contributed by atoms with van der Waals surface area (Å²) in [5, 5.41) is 7.36. The monoisotopic (exact) mass is 558 g/mol. The first kappa shape index (κ1) is 27.1. The van der Waals surface area contributed by atoms with Gasteiger partial charge in [0, 0.05) is 18.7 Å².